The van der Waals surface area contributed by atoms with Gasteiger partial charge in [0.15, 0.2) is 5.60 Å². The van der Waals surface area contributed by atoms with Gasteiger partial charge in [0.1, 0.15) is 17.9 Å². The van der Waals surface area contributed by atoms with Gasteiger partial charge in [0.2, 0.25) is 5.13 Å². The zero-order valence-corrected chi connectivity index (χ0v) is 20.8. The van der Waals surface area contributed by atoms with Crippen molar-refractivity contribution >= 4 is 26.7 Å². The highest BCUT2D eigenvalue weighted by Gasteiger charge is 2.57. The molecule has 2 N–H and O–H groups in total. The van der Waals surface area contributed by atoms with Gasteiger partial charge >= 0.3 is 6.18 Å². The normalized spacial score (nSPS) is 24.8. The molecule has 37 heavy (non-hydrogen) atoms. The summed E-state index contributed by atoms with van der Waals surface area (Å²) >= 11 is 0.880. The van der Waals surface area contributed by atoms with Crippen LogP contribution in [0.4, 0.5) is 22.7 Å². The lowest BCUT2D eigenvalue weighted by Gasteiger charge is -2.48. The highest BCUT2D eigenvalue weighted by Crippen LogP contribution is 2.50. The number of aliphatic hydroxyl groups is 1. The van der Waals surface area contributed by atoms with Gasteiger partial charge in [0.05, 0.1) is 11.5 Å². The average molecular weight is 559 g/mol. The molecule has 3 heterocycles. The van der Waals surface area contributed by atoms with Crippen molar-refractivity contribution in [2.45, 2.75) is 48.0 Å². The molecular formula is C23H22F4N4O4S2. The molecule has 2 aliphatic heterocycles. The number of benzene rings is 2. The van der Waals surface area contributed by atoms with E-state index in [9.17, 15) is 31.1 Å². The molecule has 8 nitrogen and oxygen atoms in total. The first kappa shape index (κ1) is 25.8. The van der Waals surface area contributed by atoms with Crippen molar-refractivity contribution < 1.29 is 35.8 Å². The predicted octanol–water partition coefficient (Wildman–Crippen LogP) is 4.43. The van der Waals surface area contributed by atoms with Gasteiger partial charge < -0.3 is 9.84 Å². The third-order valence-electron chi connectivity index (χ3n) is 6.78. The van der Waals surface area contributed by atoms with Gasteiger partial charge in [-0.15, -0.1) is 0 Å². The summed E-state index contributed by atoms with van der Waals surface area (Å²) in [7, 11) is -3.98. The quantitative estimate of drug-likeness (QED) is 0.447. The molecule has 2 aliphatic rings. The number of rotatable bonds is 5. The van der Waals surface area contributed by atoms with Crippen LogP contribution >= 0.6 is 11.5 Å². The van der Waals surface area contributed by atoms with E-state index in [1.54, 1.807) is 6.07 Å². The average Bonchev–Trinajstić information content (AvgIpc) is 3.35. The van der Waals surface area contributed by atoms with Gasteiger partial charge in [-0.25, -0.2) is 17.8 Å². The summed E-state index contributed by atoms with van der Waals surface area (Å²) in [6.07, 6.45) is -4.32. The second kappa shape index (κ2) is 9.49. The third kappa shape index (κ3) is 5.02. The van der Waals surface area contributed by atoms with E-state index < -0.39 is 52.5 Å². The van der Waals surface area contributed by atoms with Crippen LogP contribution in [0.2, 0.25) is 0 Å². The summed E-state index contributed by atoms with van der Waals surface area (Å²) in [5.74, 6) is -0.226. The van der Waals surface area contributed by atoms with Crippen molar-refractivity contribution in [3.63, 3.8) is 0 Å². The SMILES string of the molecule is O=S(=O)(Nc1ncns1)c1ccc2c(c1)OCCC2N1CC[C@@](O)(C(F)(F)F)C[C@H]1c1ccc(F)cc1. The minimum Gasteiger partial charge on any atom is -0.493 e. The smallest absolute Gasteiger partial charge is 0.417 e. The fourth-order valence-corrected chi connectivity index (χ4v) is 6.56. The van der Waals surface area contributed by atoms with E-state index in [4.69, 9.17) is 4.74 Å². The second-order valence-electron chi connectivity index (χ2n) is 8.99. The molecule has 5 rings (SSSR count). The molecule has 198 valence electrons. The van der Waals surface area contributed by atoms with Crippen molar-refractivity contribution in [1.29, 1.82) is 0 Å². The summed E-state index contributed by atoms with van der Waals surface area (Å²) in [5, 5.41) is 10.6. The maximum Gasteiger partial charge on any atom is 0.417 e. The van der Waals surface area contributed by atoms with Gasteiger partial charge in [0, 0.05) is 54.6 Å². The lowest BCUT2D eigenvalue weighted by molar-refractivity contribution is -0.280. The summed E-state index contributed by atoms with van der Waals surface area (Å²) < 4.78 is 92.3. The molecule has 0 radical (unpaired) electrons. The van der Waals surface area contributed by atoms with E-state index in [1.165, 1.54) is 42.7 Å². The van der Waals surface area contributed by atoms with Crippen LogP contribution in [0.5, 0.6) is 5.75 Å². The van der Waals surface area contributed by atoms with Crippen LogP contribution in [0, 0.1) is 5.82 Å². The van der Waals surface area contributed by atoms with Crippen LogP contribution in [0.25, 0.3) is 0 Å². The number of likely N-dealkylation sites (tertiary alicyclic amines) is 1. The predicted molar refractivity (Wildman–Crippen MR) is 126 cm³/mol. The monoisotopic (exact) mass is 558 g/mol. The van der Waals surface area contributed by atoms with Crippen LogP contribution in [0.3, 0.4) is 0 Å². The Kier molecular flexibility index (Phi) is 6.63. The first-order valence-corrected chi connectivity index (χ1v) is 13.6. The molecule has 2 aromatic carbocycles. The zero-order chi connectivity index (χ0) is 26.4. The number of sulfonamides is 1. The van der Waals surface area contributed by atoms with Crippen LogP contribution < -0.4 is 9.46 Å². The molecule has 0 aliphatic carbocycles. The molecule has 0 spiro atoms. The maximum atomic E-state index is 13.8. The molecular weight excluding hydrogens is 536 g/mol. The third-order valence-corrected chi connectivity index (χ3v) is 8.83. The highest BCUT2D eigenvalue weighted by atomic mass is 32.2. The molecule has 0 saturated carbocycles. The number of alkyl halides is 3. The van der Waals surface area contributed by atoms with Gasteiger partial charge in [-0.3, -0.25) is 9.62 Å². The number of piperidine rings is 1. The largest absolute Gasteiger partial charge is 0.493 e. The number of hydrogen-bond acceptors (Lipinski definition) is 8. The Hall–Kier alpha value is -2.81. The van der Waals surface area contributed by atoms with Crippen LogP contribution in [-0.4, -0.2) is 52.7 Å². The minimum atomic E-state index is -4.83. The Morgan fingerprint density at radius 1 is 1.16 bits per heavy atom. The number of hydrogen-bond donors (Lipinski definition) is 2. The van der Waals surface area contributed by atoms with Crippen LogP contribution in [0.1, 0.15) is 42.5 Å². The Balaban J connectivity index is 1.48. The van der Waals surface area contributed by atoms with E-state index in [1.807, 2.05) is 4.90 Å². The summed E-state index contributed by atoms with van der Waals surface area (Å²) in [6, 6.07) is 8.27. The Labute approximate surface area is 214 Å². The second-order valence-corrected chi connectivity index (χ2v) is 11.5. The topological polar surface area (TPSA) is 105 Å². The standard InChI is InChI=1S/C23H22F4N4O4S2/c24-15-3-1-14(2-4-15)19-12-22(32,23(25,26)27)8-9-31(19)18-7-10-35-20-11-16(5-6-17(18)20)37(33,34)30-21-28-13-29-36-21/h1-6,11,13,18-19,32H,7-10,12H2,(H,28,29,30)/t18?,19-,22-/m0/s1. The highest BCUT2D eigenvalue weighted by molar-refractivity contribution is 7.93. The van der Waals surface area contributed by atoms with E-state index in [0.29, 0.717) is 23.3 Å². The Bertz CT molecular complexity index is 1370. The number of halogens is 4. The number of ether oxygens (including phenoxy) is 1. The fraction of sp³-hybridized carbons (Fsp3) is 0.391. The van der Waals surface area contributed by atoms with E-state index >= 15 is 0 Å². The molecule has 3 aromatic rings. The minimum absolute atomic E-state index is 0.0673. The fourth-order valence-electron chi connectivity index (χ4n) is 4.89. The first-order valence-electron chi connectivity index (χ1n) is 11.3. The van der Waals surface area contributed by atoms with Crippen molar-refractivity contribution in [1.82, 2.24) is 14.3 Å². The molecule has 1 aromatic heterocycles. The van der Waals surface area contributed by atoms with Crippen molar-refractivity contribution in [3.8, 4) is 5.75 Å². The Morgan fingerprint density at radius 2 is 1.92 bits per heavy atom. The maximum absolute atomic E-state index is 13.8. The lowest BCUT2D eigenvalue weighted by Crippen LogP contribution is -2.55. The summed E-state index contributed by atoms with van der Waals surface area (Å²) in [4.78, 5) is 5.60. The molecule has 14 heteroatoms. The van der Waals surface area contributed by atoms with Crippen LogP contribution in [0.15, 0.2) is 53.7 Å². The number of nitrogens with zero attached hydrogens (tertiary/aromatic N) is 3. The summed E-state index contributed by atoms with van der Waals surface area (Å²) in [5.41, 5.74) is -1.83. The first-order chi connectivity index (χ1) is 17.5. The zero-order valence-electron chi connectivity index (χ0n) is 19.2. The number of anilines is 1. The van der Waals surface area contributed by atoms with Gasteiger partial charge in [-0.1, -0.05) is 18.2 Å². The molecule has 1 unspecified atom stereocenters. The van der Waals surface area contributed by atoms with Gasteiger partial charge in [-0.2, -0.15) is 17.5 Å². The number of fused-ring (bicyclic) bond motifs is 1. The van der Waals surface area contributed by atoms with Crippen molar-refractivity contribution in [2.24, 2.45) is 0 Å². The van der Waals surface area contributed by atoms with Crippen molar-refractivity contribution in [3.05, 3.63) is 65.7 Å². The molecule has 1 fully saturated rings. The van der Waals surface area contributed by atoms with Crippen LogP contribution in [-0.2, 0) is 10.0 Å². The molecule has 3 atom stereocenters. The lowest BCUT2D eigenvalue weighted by atomic mass is 9.81. The van der Waals surface area contributed by atoms with E-state index in [2.05, 4.69) is 14.1 Å². The molecule has 0 amide bonds. The number of nitrogens with one attached hydrogen (secondary N) is 1. The van der Waals surface area contributed by atoms with E-state index in [0.717, 1.165) is 11.5 Å². The van der Waals surface area contributed by atoms with Gasteiger partial charge in [-0.05, 0) is 30.2 Å². The van der Waals surface area contributed by atoms with E-state index in [-0.39, 0.29) is 23.2 Å². The van der Waals surface area contributed by atoms with Gasteiger partial charge in [0.25, 0.3) is 10.0 Å². The van der Waals surface area contributed by atoms with Crippen molar-refractivity contribution in [2.75, 3.05) is 17.9 Å². The Morgan fingerprint density at radius 3 is 2.59 bits per heavy atom. The summed E-state index contributed by atoms with van der Waals surface area (Å²) in [6.45, 7) is 0.127. The molecule has 0 bridgehead atoms. The number of aromatic nitrogens is 2. The molecule has 1 saturated heterocycles.